The number of rotatable bonds is 1. The zero-order chi connectivity index (χ0) is 11.9. The zero-order valence-corrected chi connectivity index (χ0v) is 10.9. The summed E-state index contributed by atoms with van der Waals surface area (Å²) in [6.07, 6.45) is 2.49. The van der Waals surface area contributed by atoms with Gasteiger partial charge in [-0.15, -0.1) is 0 Å². The molecule has 0 aliphatic carbocycles. The molecule has 2 fully saturated rings. The molecule has 0 aromatic heterocycles. The second kappa shape index (κ2) is 3.96. The van der Waals surface area contributed by atoms with Crippen molar-refractivity contribution in [3.8, 4) is 0 Å². The van der Waals surface area contributed by atoms with Crippen molar-refractivity contribution >= 4 is 9.84 Å². The molecule has 0 saturated carbocycles. The van der Waals surface area contributed by atoms with E-state index in [4.69, 9.17) is 4.74 Å². The van der Waals surface area contributed by atoms with Gasteiger partial charge in [0.15, 0.2) is 9.84 Å². The van der Waals surface area contributed by atoms with Crippen LogP contribution in [0.4, 0.5) is 0 Å². The van der Waals surface area contributed by atoms with Crippen molar-refractivity contribution in [3.05, 3.63) is 0 Å². The number of ether oxygens (including phenoxy) is 1. The van der Waals surface area contributed by atoms with E-state index in [2.05, 4.69) is 19.2 Å². The fourth-order valence-electron chi connectivity index (χ4n) is 2.73. The lowest BCUT2D eigenvalue weighted by atomic mass is 9.92. The second-order valence-corrected chi connectivity index (χ2v) is 7.57. The van der Waals surface area contributed by atoms with E-state index in [0.717, 1.165) is 25.8 Å². The number of hydrogen-bond acceptors (Lipinski definition) is 4. The normalized spacial score (nSPS) is 43.4. The van der Waals surface area contributed by atoms with Gasteiger partial charge in [0.25, 0.3) is 0 Å². The van der Waals surface area contributed by atoms with Crippen LogP contribution in [0.1, 0.15) is 33.1 Å². The van der Waals surface area contributed by atoms with Crippen molar-refractivity contribution in [2.45, 2.75) is 44.3 Å². The first kappa shape index (κ1) is 12.3. The minimum atomic E-state index is -2.91. The van der Waals surface area contributed by atoms with E-state index in [0.29, 0.717) is 12.3 Å². The molecule has 0 radical (unpaired) electrons. The van der Waals surface area contributed by atoms with Crippen molar-refractivity contribution in [1.82, 2.24) is 5.32 Å². The smallest absolute Gasteiger partial charge is 0.153 e. The number of sulfone groups is 1. The van der Waals surface area contributed by atoms with E-state index in [1.54, 1.807) is 0 Å². The summed E-state index contributed by atoms with van der Waals surface area (Å²) in [5.41, 5.74) is -0.689. The van der Waals surface area contributed by atoms with Gasteiger partial charge in [-0.05, 0) is 26.2 Å². The highest BCUT2D eigenvalue weighted by Crippen LogP contribution is 2.34. The molecule has 16 heavy (non-hydrogen) atoms. The van der Waals surface area contributed by atoms with Crippen LogP contribution >= 0.6 is 0 Å². The maximum atomic E-state index is 11.7. The molecule has 2 aliphatic heterocycles. The van der Waals surface area contributed by atoms with Crippen molar-refractivity contribution < 1.29 is 13.2 Å². The standard InChI is InChI=1S/C11H21NO3S/c1-3-10(2)7-12-8-11(15-10)5-4-6-16(13,14)9-11/h12H,3-9H2,1-2H3. The highest BCUT2D eigenvalue weighted by atomic mass is 32.2. The first-order valence-electron chi connectivity index (χ1n) is 6.00. The number of morpholine rings is 1. The first-order valence-corrected chi connectivity index (χ1v) is 7.82. The van der Waals surface area contributed by atoms with E-state index in [-0.39, 0.29) is 11.4 Å². The van der Waals surface area contributed by atoms with E-state index in [9.17, 15) is 8.42 Å². The van der Waals surface area contributed by atoms with Crippen LogP contribution < -0.4 is 5.32 Å². The van der Waals surface area contributed by atoms with Crippen LogP contribution in [-0.4, -0.2) is 44.2 Å². The van der Waals surface area contributed by atoms with Crippen molar-refractivity contribution in [2.24, 2.45) is 0 Å². The molecular weight excluding hydrogens is 226 g/mol. The lowest BCUT2D eigenvalue weighted by molar-refractivity contribution is -0.165. The summed E-state index contributed by atoms with van der Waals surface area (Å²) < 4.78 is 29.6. The molecule has 2 unspecified atom stereocenters. The topological polar surface area (TPSA) is 55.4 Å². The average molecular weight is 247 g/mol. The third-order valence-electron chi connectivity index (χ3n) is 3.73. The quantitative estimate of drug-likeness (QED) is 0.742. The van der Waals surface area contributed by atoms with Gasteiger partial charge in [0, 0.05) is 13.1 Å². The van der Waals surface area contributed by atoms with Crippen LogP contribution in [0.15, 0.2) is 0 Å². The molecule has 0 aromatic carbocycles. The van der Waals surface area contributed by atoms with Crippen LogP contribution in [-0.2, 0) is 14.6 Å². The summed E-state index contributed by atoms with van der Waals surface area (Å²) in [4.78, 5) is 0. The Bertz CT molecular complexity index is 363. The molecule has 2 saturated heterocycles. The fourth-order valence-corrected chi connectivity index (χ4v) is 4.56. The molecule has 5 heteroatoms. The molecule has 4 nitrogen and oxygen atoms in total. The lowest BCUT2D eigenvalue weighted by Gasteiger charge is -2.48. The van der Waals surface area contributed by atoms with Crippen LogP contribution in [0.25, 0.3) is 0 Å². The van der Waals surface area contributed by atoms with Gasteiger partial charge >= 0.3 is 0 Å². The number of nitrogens with one attached hydrogen (secondary N) is 1. The van der Waals surface area contributed by atoms with E-state index >= 15 is 0 Å². The Morgan fingerprint density at radius 3 is 2.75 bits per heavy atom. The Hall–Kier alpha value is -0.130. The summed E-state index contributed by atoms with van der Waals surface area (Å²) in [5.74, 6) is 0.504. The third kappa shape index (κ3) is 2.41. The molecule has 94 valence electrons. The lowest BCUT2D eigenvalue weighted by Crippen LogP contribution is -2.62. The number of hydrogen-bond donors (Lipinski definition) is 1. The molecule has 2 rings (SSSR count). The van der Waals surface area contributed by atoms with E-state index in [1.807, 2.05) is 0 Å². The molecule has 0 bridgehead atoms. The molecule has 2 atom stereocenters. The van der Waals surface area contributed by atoms with E-state index < -0.39 is 15.4 Å². The van der Waals surface area contributed by atoms with Crippen LogP contribution in [0.3, 0.4) is 0 Å². The summed E-state index contributed by atoms with van der Waals surface area (Å²) in [5, 5.41) is 3.34. The van der Waals surface area contributed by atoms with Gasteiger partial charge in [-0.3, -0.25) is 0 Å². The van der Waals surface area contributed by atoms with Gasteiger partial charge < -0.3 is 10.1 Å². The van der Waals surface area contributed by atoms with Crippen molar-refractivity contribution in [3.63, 3.8) is 0 Å². The largest absolute Gasteiger partial charge is 0.365 e. The summed E-state index contributed by atoms with van der Waals surface area (Å²) in [7, 11) is -2.91. The predicted molar refractivity (Wildman–Crippen MR) is 63.3 cm³/mol. The van der Waals surface area contributed by atoms with Crippen molar-refractivity contribution in [1.29, 1.82) is 0 Å². The summed E-state index contributed by atoms with van der Waals surface area (Å²) in [6.45, 7) is 5.62. The average Bonchev–Trinajstić information content (AvgIpc) is 2.15. The Morgan fingerprint density at radius 2 is 2.12 bits per heavy atom. The second-order valence-electron chi connectivity index (χ2n) is 5.39. The SMILES string of the molecule is CCC1(C)CNCC2(CCCS(=O)(=O)C2)O1. The minimum Gasteiger partial charge on any atom is -0.365 e. The van der Waals surface area contributed by atoms with Gasteiger partial charge in [0.2, 0.25) is 0 Å². The zero-order valence-electron chi connectivity index (χ0n) is 10.1. The molecule has 2 heterocycles. The van der Waals surface area contributed by atoms with Crippen molar-refractivity contribution in [2.75, 3.05) is 24.6 Å². The fraction of sp³-hybridized carbons (Fsp3) is 1.00. The van der Waals surface area contributed by atoms with Gasteiger partial charge in [0.05, 0.1) is 22.7 Å². The Balaban J connectivity index is 2.18. The first-order chi connectivity index (χ1) is 7.39. The monoisotopic (exact) mass is 247 g/mol. The van der Waals surface area contributed by atoms with Gasteiger partial charge in [-0.25, -0.2) is 8.42 Å². The Kier molecular flexibility index (Phi) is 3.05. The Morgan fingerprint density at radius 1 is 1.38 bits per heavy atom. The predicted octanol–water partition coefficient (Wildman–Crippen LogP) is 0.722. The van der Waals surface area contributed by atoms with Gasteiger partial charge in [0.1, 0.15) is 0 Å². The van der Waals surface area contributed by atoms with Gasteiger partial charge in [-0.1, -0.05) is 6.92 Å². The maximum absolute atomic E-state index is 11.7. The maximum Gasteiger partial charge on any atom is 0.153 e. The van der Waals surface area contributed by atoms with Gasteiger partial charge in [-0.2, -0.15) is 0 Å². The molecule has 1 N–H and O–H groups in total. The molecule has 0 amide bonds. The van der Waals surface area contributed by atoms with Crippen LogP contribution in [0.2, 0.25) is 0 Å². The van der Waals surface area contributed by atoms with E-state index in [1.165, 1.54) is 0 Å². The molecular formula is C11H21NO3S. The third-order valence-corrected chi connectivity index (χ3v) is 5.60. The molecule has 0 aromatic rings. The molecule has 2 aliphatic rings. The van der Waals surface area contributed by atoms with Crippen LogP contribution in [0, 0.1) is 0 Å². The minimum absolute atomic E-state index is 0.183. The Labute approximate surface area is 97.7 Å². The summed E-state index contributed by atoms with van der Waals surface area (Å²) >= 11 is 0. The molecule has 1 spiro atoms. The highest BCUT2D eigenvalue weighted by molar-refractivity contribution is 7.91. The van der Waals surface area contributed by atoms with Crippen LogP contribution in [0.5, 0.6) is 0 Å². The summed E-state index contributed by atoms with van der Waals surface area (Å²) in [6, 6.07) is 0. The highest BCUT2D eigenvalue weighted by Gasteiger charge is 2.46.